The Bertz CT molecular complexity index is 1180. The number of likely N-dealkylation sites (N-methyl/N-ethyl adjacent to an activating group) is 1. The molecule has 0 radical (unpaired) electrons. The molecule has 2 N–H and O–H groups in total. The van der Waals surface area contributed by atoms with Gasteiger partial charge in [0, 0.05) is 29.2 Å². The summed E-state index contributed by atoms with van der Waals surface area (Å²) in [5.74, 6) is 0.378. The summed E-state index contributed by atoms with van der Waals surface area (Å²) in [5, 5.41) is 0.763. The molecule has 174 valence electrons. The van der Waals surface area contributed by atoms with Crippen molar-refractivity contribution in [2.45, 2.75) is 38.0 Å². The fourth-order valence-electron chi connectivity index (χ4n) is 4.89. The van der Waals surface area contributed by atoms with E-state index >= 15 is 0 Å². The van der Waals surface area contributed by atoms with E-state index in [4.69, 9.17) is 10.5 Å². The van der Waals surface area contributed by atoms with E-state index in [-0.39, 0.29) is 11.4 Å². The molecule has 1 saturated heterocycles. The van der Waals surface area contributed by atoms with Crippen molar-refractivity contribution in [1.29, 1.82) is 0 Å². The number of ether oxygens (including phenoxy) is 1. The topological polar surface area (TPSA) is 67.5 Å². The first kappa shape index (κ1) is 21.8. The van der Waals surface area contributed by atoms with Crippen molar-refractivity contribution in [3.8, 4) is 6.01 Å². The number of hydrogen-bond donors (Lipinski definition) is 1. The largest absolute Gasteiger partial charge is 0.462 e. The van der Waals surface area contributed by atoms with Crippen LogP contribution in [0.5, 0.6) is 6.01 Å². The smallest absolute Gasteiger partial charge is 0.417 e. The van der Waals surface area contributed by atoms with Crippen molar-refractivity contribution >= 4 is 22.3 Å². The first-order valence-corrected chi connectivity index (χ1v) is 11.1. The van der Waals surface area contributed by atoms with Gasteiger partial charge in [-0.1, -0.05) is 24.3 Å². The summed E-state index contributed by atoms with van der Waals surface area (Å²) in [7, 11) is 2.07. The number of halogens is 3. The second-order valence-corrected chi connectivity index (χ2v) is 8.75. The number of benzene rings is 2. The van der Waals surface area contributed by atoms with E-state index in [1.165, 1.54) is 6.07 Å². The summed E-state index contributed by atoms with van der Waals surface area (Å²) in [6.45, 7) is 2.39. The molecule has 3 aromatic rings. The molecule has 6 nitrogen and oxygen atoms in total. The van der Waals surface area contributed by atoms with Crippen molar-refractivity contribution in [1.82, 2.24) is 14.9 Å². The number of aromatic nitrogens is 2. The number of anilines is 2. The molecule has 9 heteroatoms. The molecule has 0 amide bonds. The van der Waals surface area contributed by atoms with E-state index in [1.807, 2.05) is 4.90 Å². The van der Waals surface area contributed by atoms with Gasteiger partial charge in [-0.25, -0.2) is 0 Å². The Morgan fingerprint density at radius 2 is 1.91 bits per heavy atom. The van der Waals surface area contributed by atoms with Crippen LogP contribution in [-0.2, 0) is 19.1 Å². The van der Waals surface area contributed by atoms with Gasteiger partial charge in [0.05, 0.1) is 17.8 Å². The third kappa shape index (κ3) is 4.17. The summed E-state index contributed by atoms with van der Waals surface area (Å²) >= 11 is 0. The lowest BCUT2D eigenvalue weighted by atomic mass is 9.99. The molecule has 2 aliphatic heterocycles. The molecule has 1 atom stereocenters. The standard InChI is InChI=1S/C24H26F3N5O/c1-31-11-4-7-16(31)14-33-23-29-19-13-32(12-10-17(19)22(28)30-23)20-9-3-6-15-5-2-8-18(21(15)20)24(25,26)27/h2-3,5-6,8-9,16H,4,7,10-14H2,1H3,(H2,28,29,30)/t16-/m0/s1. The molecule has 0 aliphatic carbocycles. The monoisotopic (exact) mass is 457 g/mol. The van der Waals surface area contributed by atoms with Gasteiger partial charge < -0.3 is 20.3 Å². The summed E-state index contributed by atoms with van der Waals surface area (Å²) < 4.78 is 47.2. The fourth-order valence-corrected chi connectivity index (χ4v) is 4.89. The SMILES string of the molecule is CN1CCC[C@H]1COc1nc(N)c2c(n1)CN(c1cccc3cccc(C(F)(F)F)c13)CC2. The molecule has 0 saturated carbocycles. The van der Waals surface area contributed by atoms with Crippen LogP contribution in [0.1, 0.15) is 29.7 Å². The Morgan fingerprint density at radius 1 is 1.12 bits per heavy atom. The maximum Gasteiger partial charge on any atom is 0.417 e. The van der Waals surface area contributed by atoms with Crippen LogP contribution in [0.25, 0.3) is 10.8 Å². The van der Waals surface area contributed by atoms with Crippen LogP contribution in [0.2, 0.25) is 0 Å². The number of nitrogens with zero attached hydrogens (tertiary/aromatic N) is 4. The molecule has 1 fully saturated rings. The van der Waals surface area contributed by atoms with Gasteiger partial charge in [0.25, 0.3) is 0 Å². The Balaban J connectivity index is 1.45. The highest BCUT2D eigenvalue weighted by atomic mass is 19.4. The number of fused-ring (bicyclic) bond motifs is 2. The third-order valence-electron chi connectivity index (χ3n) is 6.68. The molecule has 2 aliphatic rings. The molecule has 33 heavy (non-hydrogen) atoms. The van der Waals surface area contributed by atoms with Gasteiger partial charge in [0.2, 0.25) is 0 Å². The zero-order valence-corrected chi connectivity index (χ0v) is 18.4. The second kappa shape index (κ2) is 8.37. The number of nitrogen functional groups attached to an aromatic ring is 1. The molecule has 0 spiro atoms. The molecule has 2 aromatic carbocycles. The van der Waals surface area contributed by atoms with Crippen LogP contribution in [-0.4, -0.2) is 47.7 Å². The van der Waals surface area contributed by atoms with Crippen molar-refractivity contribution in [3.05, 3.63) is 53.2 Å². The van der Waals surface area contributed by atoms with Crippen LogP contribution >= 0.6 is 0 Å². The predicted octanol–water partition coefficient (Wildman–Crippen LogP) is 4.27. The normalized spacial score (nSPS) is 19.2. The maximum atomic E-state index is 13.8. The van der Waals surface area contributed by atoms with Crippen molar-refractivity contribution < 1.29 is 17.9 Å². The quantitative estimate of drug-likeness (QED) is 0.631. The van der Waals surface area contributed by atoms with E-state index in [1.54, 1.807) is 24.3 Å². The number of alkyl halides is 3. The first-order valence-electron chi connectivity index (χ1n) is 11.1. The minimum absolute atomic E-state index is 0.207. The molecule has 1 aromatic heterocycles. The maximum absolute atomic E-state index is 13.8. The van der Waals surface area contributed by atoms with Gasteiger partial charge in [0.15, 0.2) is 0 Å². The zero-order valence-electron chi connectivity index (χ0n) is 18.4. The minimum Gasteiger partial charge on any atom is -0.462 e. The predicted molar refractivity (Wildman–Crippen MR) is 121 cm³/mol. The average Bonchev–Trinajstić information content (AvgIpc) is 3.20. The number of nitrogens with two attached hydrogens (primary N) is 1. The highest BCUT2D eigenvalue weighted by molar-refractivity contribution is 5.97. The highest BCUT2D eigenvalue weighted by Gasteiger charge is 2.34. The molecule has 5 rings (SSSR count). The lowest BCUT2D eigenvalue weighted by molar-refractivity contribution is -0.136. The van der Waals surface area contributed by atoms with Crippen LogP contribution < -0.4 is 15.4 Å². The third-order valence-corrected chi connectivity index (χ3v) is 6.68. The van der Waals surface area contributed by atoms with Gasteiger partial charge in [-0.05, 0) is 50.4 Å². The number of likely N-dealkylation sites (tertiary alicyclic amines) is 1. The summed E-state index contributed by atoms with van der Waals surface area (Å²) in [4.78, 5) is 13.1. The van der Waals surface area contributed by atoms with E-state index < -0.39 is 11.7 Å². The number of hydrogen-bond acceptors (Lipinski definition) is 6. The van der Waals surface area contributed by atoms with Crippen molar-refractivity contribution in [2.24, 2.45) is 0 Å². The van der Waals surface area contributed by atoms with Crippen molar-refractivity contribution in [3.63, 3.8) is 0 Å². The summed E-state index contributed by atoms with van der Waals surface area (Å²) in [6, 6.07) is 10.1. The molecular weight excluding hydrogens is 431 g/mol. The Kier molecular flexibility index (Phi) is 5.52. The van der Waals surface area contributed by atoms with E-state index in [0.29, 0.717) is 54.7 Å². The van der Waals surface area contributed by atoms with Gasteiger partial charge in [0.1, 0.15) is 12.4 Å². The number of rotatable bonds is 4. The van der Waals surface area contributed by atoms with E-state index in [2.05, 4.69) is 21.9 Å². The minimum atomic E-state index is -4.44. The lowest BCUT2D eigenvalue weighted by Crippen LogP contribution is -2.33. The zero-order chi connectivity index (χ0) is 23.2. The first-order chi connectivity index (χ1) is 15.8. The Morgan fingerprint density at radius 3 is 2.64 bits per heavy atom. The van der Waals surface area contributed by atoms with Crippen LogP contribution in [0.15, 0.2) is 36.4 Å². The summed E-state index contributed by atoms with van der Waals surface area (Å²) in [6.07, 6.45) is -1.69. The Labute approximate surface area is 190 Å². The van der Waals surface area contributed by atoms with Crippen LogP contribution in [0.3, 0.4) is 0 Å². The fraction of sp³-hybridized carbons (Fsp3) is 0.417. The lowest BCUT2D eigenvalue weighted by Gasteiger charge is -2.32. The van der Waals surface area contributed by atoms with E-state index in [0.717, 1.165) is 31.0 Å². The molecule has 3 heterocycles. The average molecular weight is 458 g/mol. The highest BCUT2D eigenvalue weighted by Crippen LogP contribution is 2.40. The molecule has 0 unspecified atom stereocenters. The second-order valence-electron chi connectivity index (χ2n) is 8.75. The van der Waals surface area contributed by atoms with Gasteiger partial charge in [-0.15, -0.1) is 0 Å². The Hall–Kier alpha value is -3.07. The van der Waals surface area contributed by atoms with Crippen LogP contribution in [0, 0.1) is 0 Å². The van der Waals surface area contributed by atoms with Gasteiger partial charge in [-0.2, -0.15) is 23.1 Å². The molecular formula is C24H26F3N5O. The van der Waals surface area contributed by atoms with E-state index in [9.17, 15) is 13.2 Å². The van der Waals surface area contributed by atoms with Crippen molar-refractivity contribution in [2.75, 3.05) is 37.4 Å². The summed E-state index contributed by atoms with van der Waals surface area (Å²) in [5.41, 5.74) is 7.65. The van der Waals surface area contributed by atoms with Gasteiger partial charge in [-0.3, -0.25) is 0 Å². The molecule has 0 bridgehead atoms. The van der Waals surface area contributed by atoms with Crippen LogP contribution in [0.4, 0.5) is 24.7 Å². The van der Waals surface area contributed by atoms with Gasteiger partial charge >= 0.3 is 12.2 Å².